The van der Waals surface area contributed by atoms with E-state index < -0.39 is 0 Å². The molecular formula is C20H25N5O. The summed E-state index contributed by atoms with van der Waals surface area (Å²) in [4.78, 5) is 22.2. The van der Waals surface area contributed by atoms with E-state index >= 15 is 0 Å². The summed E-state index contributed by atoms with van der Waals surface area (Å²) in [7, 11) is 2.00. The molecule has 0 saturated carbocycles. The van der Waals surface area contributed by atoms with Crippen LogP contribution in [0, 0.1) is 5.92 Å². The number of carbonyl (C=O) groups is 1. The fourth-order valence-electron chi connectivity index (χ4n) is 4.13. The van der Waals surface area contributed by atoms with Crippen molar-refractivity contribution < 1.29 is 4.79 Å². The minimum absolute atomic E-state index is 0.0445. The van der Waals surface area contributed by atoms with E-state index in [1.54, 1.807) is 0 Å². The van der Waals surface area contributed by atoms with E-state index in [-0.39, 0.29) is 17.9 Å². The van der Waals surface area contributed by atoms with Crippen LogP contribution < -0.4 is 5.32 Å². The number of amides is 1. The molecule has 26 heavy (non-hydrogen) atoms. The van der Waals surface area contributed by atoms with Crippen LogP contribution in [0.15, 0.2) is 42.9 Å². The van der Waals surface area contributed by atoms with Gasteiger partial charge in [0.05, 0.1) is 6.04 Å². The van der Waals surface area contributed by atoms with Gasteiger partial charge in [0.15, 0.2) is 0 Å². The Kier molecular flexibility index (Phi) is 4.51. The summed E-state index contributed by atoms with van der Waals surface area (Å²) in [6.45, 7) is 4.34. The number of H-pyrrole nitrogens is 1. The first kappa shape index (κ1) is 16.8. The summed E-state index contributed by atoms with van der Waals surface area (Å²) in [5, 5.41) is 4.82. The van der Waals surface area contributed by atoms with Crippen molar-refractivity contribution in [3.63, 3.8) is 0 Å². The standard InChI is InChI=1S/C20H25N5O/c1-3-25-18(26)11-15(19(25)20-23-9-10-24(20)2)13-21-12-14-5-4-6-17-16(14)7-8-22-17/h4-10,15,19,21-22H,3,11-13H2,1-2H3/t15-,19+/m0/s1. The predicted molar refractivity (Wildman–Crippen MR) is 101 cm³/mol. The zero-order valence-electron chi connectivity index (χ0n) is 15.3. The number of aryl methyl sites for hydroxylation is 1. The largest absolute Gasteiger partial charge is 0.361 e. The molecule has 2 atom stereocenters. The van der Waals surface area contributed by atoms with Gasteiger partial charge in [-0.3, -0.25) is 4.79 Å². The second-order valence-electron chi connectivity index (χ2n) is 6.97. The molecule has 3 aromatic rings. The van der Waals surface area contributed by atoms with Crippen LogP contribution >= 0.6 is 0 Å². The molecule has 1 aliphatic rings. The zero-order chi connectivity index (χ0) is 18.1. The Bertz CT molecular complexity index is 912. The first-order valence-electron chi connectivity index (χ1n) is 9.21. The van der Waals surface area contributed by atoms with Crippen LogP contribution in [-0.2, 0) is 18.4 Å². The Hall–Kier alpha value is -2.60. The number of aromatic amines is 1. The van der Waals surface area contributed by atoms with Crippen LogP contribution in [0.1, 0.15) is 30.8 Å². The van der Waals surface area contributed by atoms with Crippen molar-refractivity contribution in [2.24, 2.45) is 13.0 Å². The molecule has 0 unspecified atom stereocenters. The van der Waals surface area contributed by atoms with Crippen LogP contribution in [0.3, 0.4) is 0 Å². The molecule has 2 N–H and O–H groups in total. The van der Waals surface area contributed by atoms with Gasteiger partial charge in [-0.25, -0.2) is 4.98 Å². The van der Waals surface area contributed by atoms with E-state index in [1.807, 2.05) is 42.0 Å². The number of hydrogen-bond acceptors (Lipinski definition) is 3. The van der Waals surface area contributed by atoms with Crippen LogP contribution in [0.4, 0.5) is 0 Å². The van der Waals surface area contributed by atoms with Crippen molar-refractivity contribution in [2.75, 3.05) is 13.1 Å². The number of fused-ring (bicyclic) bond motifs is 1. The minimum Gasteiger partial charge on any atom is -0.361 e. The lowest BCUT2D eigenvalue weighted by molar-refractivity contribution is -0.128. The summed E-state index contributed by atoms with van der Waals surface area (Å²) >= 11 is 0. The van der Waals surface area contributed by atoms with Gasteiger partial charge in [-0.15, -0.1) is 0 Å². The first-order valence-corrected chi connectivity index (χ1v) is 9.21. The number of nitrogens with zero attached hydrogens (tertiary/aromatic N) is 3. The van der Waals surface area contributed by atoms with Crippen molar-refractivity contribution in [1.82, 2.24) is 24.8 Å². The highest BCUT2D eigenvalue weighted by Gasteiger charge is 2.41. The van der Waals surface area contributed by atoms with Crippen molar-refractivity contribution in [2.45, 2.75) is 25.9 Å². The number of benzene rings is 1. The van der Waals surface area contributed by atoms with E-state index in [9.17, 15) is 4.79 Å². The molecule has 0 spiro atoms. The smallest absolute Gasteiger partial charge is 0.223 e. The fraction of sp³-hybridized carbons (Fsp3) is 0.400. The molecule has 1 amide bonds. The lowest BCUT2D eigenvalue weighted by Crippen LogP contribution is -2.33. The van der Waals surface area contributed by atoms with Gasteiger partial charge in [0.2, 0.25) is 5.91 Å². The van der Waals surface area contributed by atoms with Gasteiger partial charge in [-0.05, 0) is 24.6 Å². The number of nitrogens with one attached hydrogen (secondary N) is 2. The fourth-order valence-corrected chi connectivity index (χ4v) is 4.13. The summed E-state index contributed by atoms with van der Waals surface area (Å²) < 4.78 is 2.03. The van der Waals surface area contributed by atoms with Gasteiger partial charge in [0, 0.05) is 68.5 Å². The lowest BCUT2D eigenvalue weighted by atomic mass is 9.99. The Balaban J connectivity index is 1.49. The number of carbonyl (C=O) groups excluding carboxylic acids is 1. The van der Waals surface area contributed by atoms with Gasteiger partial charge in [-0.1, -0.05) is 12.1 Å². The Morgan fingerprint density at radius 3 is 3.00 bits per heavy atom. The van der Waals surface area contributed by atoms with Crippen LogP contribution in [0.2, 0.25) is 0 Å². The molecule has 0 aliphatic carbocycles. The highest BCUT2D eigenvalue weighted by atomic mass is 16.2. The number of aromatic nitrogens is 3. The molecule has 1 aromatic carbocycles. The summed E-state index contributed by atoms with van der Waals surface area (Å²) in [6, 6.07) is 8.47. The normalized spacial score (nSPS) is 20.4. The van der Waals surface area contributed by atoms with E-state index in [2.05, 4.69) is 39.6 Å². The summed E-state index contributed by atoms with van der Waals surface area (Å²) in [6.07, 6.45) is 6.30. The van der Waals surface area contributed by atoms with Crippen LogP contribution in [-0.4, -0.2) is 38.4 Å². The molecule has 136 valence electrons. The van der Waals surface area contributed by atoms with E-state index in [0.29, 0.717) is 6.42 Å². The third-order valence-electron chi connectivity index (χ3n) is 5.41. The molecular weight excluding hydrogens is 326 g/mol. The topological polar surface area (TPSA) is 66.0 Å². The highest BCUT2D eigenvalue weighted by Crippen LogP contribution is 2.36. The van der Waals surface area contributed by atoms with E-state index in [0.717, 1.165) is 31.0 Å². The van der Waals surface area contributed by atoms with Crippen LogP contribution in [0.25, 0.3) is 10.9 Å². The van der Waals surface area contributed by atoms with Crippen molar-refractivity contribution in [3.05, 3.63) is 54.2 Å². The van der Waals surface area contributed by atoms with Crippen LogP contribution in [0.5, 0.6) is 0 Å². The number of likely N-dealkylation sites (tertiary alicyclic amines) is 1. The average molecular weight is 351 g/mol. The maximum Gasteiger partial charge on any atom is 0.223 e. The second kappa shape index (κ2) is 6.96. The lowest BCUT2D eigenvalue weighted by Gasteiger charge is -2.27. The van der Waals surface area contributed by atoms with Gasteiger partial charge in [0.1, 0.15) is 5.82 Å². The zero-order valence-corrected chi connectivity index (χ0v) is 15.3. The molecule has 1 saturated heterocycles. The molecule has 4 rings (SSSR count). The Morgan fingerprint density at radius 2 is 2.23 bits per heavy atom. The quantitative estimate of drug-likeness (QED) is 0.717. The molecule has 2 aromatic heterocycles. The van der Waals surface area contributed by atoms with E-state index in [4.69, 9.17) is 0 Å². The molecule has 1 fully saturated rings. The van der Waals surface area contributed by atoms with Gasteiger partial charge in [-0.2, -0.15) is 0 Å². The predicted octanol–water partition coefficient (Wildman–Crippen LogP) is 2.60. The molecule has 6 nitrogen and oxygen atoms in total. The summed E-state index contributed by atoms with van der Waals surface area (Å²) in [5.41, 5.74) is 2.43. The number of hydrogen-bond donors (Lipinski definition) is 2. The van der Waals surface area contributed by atoms with E-state index in [1.165, 1.54) is 10.9 Å². The molecule has 0 bridgehead atoms. The monoisotopic (exact) mass is 351 g/mol. The van der Waals surface area contributed by atoms with Crippen molar-refractivity contribution in [3.8, 4) is 0 Å². The van der Waals surface area contributed by atoms with Gasteiger partial charge < -0.3 is 19.8 Å². The third-order valence-corrected chi connectivity index (χ3v) is 5.41. The van der Waals surface area contributed by atoms with Crippen molar-refractivity contribution in [1.29, 1.82) is 0 Å². The molecule has 1 aliphatic heterocycles. The molecule has 6 heteroatoms. The van der Waals surface area contributed by atoms with Gasteiger partial charge in [0.25, 0.3) is 0 Å². The average Bonchev–Trinajstić information content (AvgIpc) is 3.33. The Labute approximate surface area is 153 Å². The Morgan fingerprint density at radius 1 is 1.35 bits per heavy atom. The van der Waals surface area contributed by atoms with Gasteiger partial charge >= 0.3 is 0 Å². The first-order chi connectivity index (χ1) is 12.7. The molecule has 0 radical (unpaired) electrons. The second-order valence-corrected chi connectivity index (χ2v) is 6.97. The summed E-state index contributed by atoms with van der Waals surface area (Å²) in [5.74, 6) is 1.42. The molecule has 3 heterocycles. The van der Waals surface area contributed by atoms with Crippen molar-refractivity contribution >= 4 is 16.8 Å². The SMILES string of the molecule is CCN1C(=O)C[C@@H](CNCc2cccc3[nH]ccc23)[C@@H]1c1nccn1C. The maximum absolute atomic E-state index is 12.5. The minimum atomic E-state index is 0.0445. The third kappa shape index (κ3) is 2.90. The number of rotatable bonds is 6. The highest BCUT2D eigenvalue weighted by molar-refractivity contribution is 5.82. The number of imidazole rings is 1. The maximum atomic E-state index is 12.5.